The Balaban J connectivity index is 3.45. The van der Waals surface area contributed by atoms with Crippen LogP contribution in [-0.2, 0) is 9.47 Å². The van der Waals surface area contributed by atoms with E-state index in [0.717, 1.165) is 13.0 Å². The van der Waals surface area contributed by atoms with Gasteiger partial charge in [-0.25, -0.2) is 0 Å². The number of rotatable bonds is 11. The first-order valence-electron chi connectivity index (χ1n) is 6.58. The molecule has 0 aliphatic rings. The molecule has 0 aromatic heterocycles. The minimum Gasteiger partial charge on any atom is -0.388 e. The molecule has 0 rings (SSSR count). The molecule has 0 spiro atoms. The quantitative estimate of drug-likeness (QED) is 0.595. The molecule has 0 amide bonds. The van der Waals surface area contributed by atoms with E-state index in [0.29, 0.717) is 25.7 Å². The monoisotopic (exact) mass is 232 g/mol. The molecule has 0 aliphatic heterocycles. The molecule has 98 valence electrons. The van der Waals surface area contributed by atoms with Gasteiger partial charge in [-0.15, -0.1) is 0 Å². The van der Waals surface area contributed by atoms with Crippen LogP contribution in [0.15, 0.2) is 0 Å². The third-order valence-electron chi connectivity index (χ3n) is 2.72. The molecule has 0 aromatic carbocycles. The van der Waals surface area contributed by atoms with Gasteiger partial charge in [0.25, 0.3) is 0 Å². The fourth-order valence-electron chi connectivity index (χ4n) is 1.57. The molecular weight excluding hydrogens is 204 g/mol. The fourth-order valence-corrected chi connectivity index (χ4v) is 1.57. The molecule has 0 bridgehead atoms. The summed E-state index contributed by atoms with van der Waals surface area (Å²) in [4.78, 5) is 0. The number of aliphatic hydroxyl groups is 1. The van der Waals surface area contributed by atoms with Crippen LogP contribution in [0.3, 0.4) is 0 Å². The minimum absolute atomic E-state index is 0.377. The zero-order valence-corrected chi connectivity index (χ0v) is 11.1. The van der Waals surface area contributed by atoms with E-state index in [2.05, 4.69) is 13.8 Å². The van der Waals surface area contributed by atoms with Gasteiger partial charge < -0.3 is 14.6 Å². The van der Waals surface area contributed by atoms with Crippen LogP contribution in [0.25, 0.3) is 0 Å². The molecule has 3 heteroatoms. The summed E-state index contributed by atoms with van der Waals surface area (Å²) in [5.41, 5.74) is 0. The number of unbranched alkanes of at least 4 members (excludes halogenated alkanes) is 1. The SMILES string of the molecule is CCCCC(CC)COCC(O)COCC. The molecule has 0 aromatic rings. The number of hydrogen-bond acceptors (Lipinski definition) is 3. The van der Waals surface area contributed by atoms with Crippen molar-refractivity contribution in [3.8, 4) is 0 Å². The fraction of sp³-hybridized carbons (Fsp3) is 1.00. The molecule has 1 N–H and O–H groups in total. The van der Waals surface area contributed by atoms with Gasteiger partial charge >= 0.3 is 0 Å². The summed E-state index contributed by atoms with van der Waals surface area (Å²) in [6, 6.07) is 0. The van der Waals surface area contributed by atoms with Crippen molar-refractivity contribution in [3.05, 3.63) is 0 Å². The summed E-state index contributed by atoms with van der Waals surface area (Å²) >= 11 is 0. The molecule has 2 unspecified atom stereocenters. The van der Waals surface area contributed by atoms with Crippen LogP contribution in [0.1, 0.15) is 46.5 Å². The van der Waals surface area contributed by atoms with Crippen molar-refractivity contribution in [3.63, 3.8) is 0 Å². The van der Waals surface area contributed by atoms with Gasteiger partial charge in [0.2, 0.25) is 0 Å². The topological polar surface area (TPSA) is 38.7 Å². The predicted molar refractivity (Wildman–Crippen MR) is 66.6 cm³/mol. The van der Waals surface area contributed by atoms with Crippen LogP contribution in [0, 0.1) is 5.92 Å². The molecule has 3 nitrogen and oxygen atoms in total. The van der Waals surface area contributed by atoms with Gasteiger partial charge in [0.05, 0.1) is 13.2 Å². The average molecular weight is 232 g/mol. The Labute approximate surface area is 100 Å². The van der Waals surface area contributed by atoms with Gasteiger partial charge in [-0.2, -0.15) is 0 Å². The normalized spacial score (nSPS) is 15.0. The summed E-state index contributed by atoms with van der Waals surface area (Å²) in [5, 5.41) is 9.49. The Morgan fingerprint density at radius 3 is 2.25 bits per heavy atom. The molecule has 2 atom stereocenters. The molecule has 16 heavy (non-hydrogen) atoms. The van der Waals surface area contributed by atoms with Crippen molar-refractivity contribution < 1.29 is 14.6 Å². The zero-order chi connectivity index (χ0) is 12.2. The number of ether oxygens (including phenoxy) is 2. The van der Waals surface area contributed by atoms with Crippen LogP contribution in [0.4, 0.5) is 0 Å². The van der Waals surface area contributed by atoms with Crippen molar-refractivity contribution in [1.29, 1.82) is 0 Å². The first-order valence-corrected chi connectivity index (χ1v) is 6.58. The van der Waals surface area contributed by atoms with E-state index in [1.807, 2.05) is 6.92 Å². The second-order valence-corrected chi connectivity index (χ2v) is 4.27. The summed E-state index contributed by atoms with van der Waals surface area (Å²) < 4.78 is 10.6. The first kappa shape index (κ1) is 15.9. The maximum absolute atomic E-state index is 9.49. The van der Waals surface area contributed by atoms with Crippen molar-refractivity contribution in [2.24, 2.45) is 5.92 Å². The summed E-state index contributed by atoms with van der Waals surface area (Å²) in [6.45, 7) is 8.50. The zero-order valence-electron chi connectivity index (χ0n) is 11.1. The Bertz CT molecular complexity index is 139. The van der Waals surface area contributed by atoms with Gasteiger partial charge in [-0.05, 0) is 19.3 Å². The Morgan fingerprint density at radius 1 is 1.00 bits per heavy atom. The molecule has 0 fully saturated rings. The molecule has 0 heterocycles. The summed E-state index contributed by atoms with van der Waals surface area (Å²) in [5.74, 6) is 0.638. The minimum atomic E-state index is -0.483. The van der Waals surface area contributed by atoms with E-state index in [-0.39, 0.29) is 0 Å². The highest BCUT2D eigenvalue weighted by molar-refractivity contribution is 4.57. The van der Waals surface area contributed by atoms with Crippen molar-refractivity contribution in [1.82, 2.24) is 0 Å². The number of aliphatic hydroxyl groups excluding tert-OH is 1. The van der Waals surface area contributed by atoms with E-state index < -0.39 is 6.10 Å². The highest BCUT2D eigenvalue weighted by Gasteiger charge is 2.08. The Morgan fingerprint density at radius 2 is 1.69 bits per heavy atom. The lowest BCUT2D eigenvalue weighted by atomic mass is 10.0. The second-order valence-electron chi connectivity index (χ2n) is 4.27. The highest BCUT2D eigenvalue weighted by atomic mass is 16.5. The van der Waals surface area contributed by atoms with Gasteiger partial charge in [-0.1, -0.05) is 33.1 Å². The van der Waals surface area contributed by atoms with Crippen molar-refractivity contribution >= 4 is 0 Å². The molecule has 0 radical (unpaired) electrons. The lowest BCUT2D eigenvalue weighted by Gasteiger charge is -2.16. The average Bonchev–Trinajstić information content (AvgIpc) is 2.30. The molecule has 0 aliphatic carbocycles. The van der Waals surface area contributed by atoms with Gasteiger partial charge in [-0.3, -0.25) is 0 Å². The largest absolute Gasteiger partial charge is 0.388 e. The third-order valence-corrected chi connectivity index (χ3v) is 2.72. The predicted octanol–water partition coefficient (Wildman–Crippen LogP) is 2.62. The van der Waals surface area contributed by atoms with E-state index in [4.69, 9.17) is 9.47 Å². The maximum Gasteiger partial charge on any atom is 0.101 e. The van der Waals surface area contributed by atoms with Gasteiger partial charge in [0, 0.05) is 13.2 Å². The highest BCUT2D eigenvalue weighted by Crippen LogP contribution is 2.12. The summed E-state index contributed by atoms with van der Waals surface area (Å²) in [7, 11) is 0. The lowest BCUT2D eigenvalue weighted by molar-refractivity contribution is -0.0247. The third kappa shape index (κ3) is 9.13. The molecule has 0 saturated carbocycles. The van der Waals surface area contributed by atoms with Crippen LogP contribution in [-0.4, -0.2) is 37.6 Å². The van der Waals surface area contributed by atoms with Crippen LogP contribution < -0.4 is 0 Å². The Kier molecular flexibility index (Phi) is 11.3. The number of hydrogen-bond donors (Lipinski definition) is 1. The lowest BCUT2D eigenvalue weighted by Crippen LogP contribution is -2.23. The molecule has 0 saturated heterocycles. The maximum atomic E-state index is 9.49. The van der Waals surface area contributed by atoms with Crippen LogP contribution >= 0.6 is 0 Å². The van der Waals surface area contributed by atoms with E-state index in [9.17, 15) is 5.11 Å². The van der Waals surface area contributed by atoms with Crippen LogP contribution in [0.2, 0.25) is 0 Å². The first-order chi connectivity index (χ1) is 7.74. The summed E-state index contributed by atoms with van der Waals surface area (Å²) in [6.07, 6.45) is 4.41. The Hall–Kier alpha value is -0.120. The van der Waals surface area contributed by atoms with Crippen molar-refractivity contribution in [2.45, 2.75) is 52.6 Å². The van der Waals surface area contributed by atoms with Gasteiger partial charge in [0.15, 0.2) is 0 Å². The second kappa shape index (κ2) is 11.4. The standard InChI is InChI=1S/C13H28O3/c1-4-7-8-12(5-2)9-16-11-13(14)10-15-6-3/h12-14H,4-11H2,1-3H3. The molecular formula is C13H28O3. The van der Waals surface area contributed by atoms with E-state index >= 15 is 0 Å². The van der Waals surface area contributed by atoms with Crippen LogP contribution in [0.5, 0.6) is 0 Å². The smallest absolute Gasteiger partial charge is 0.101 e. The van der Waals surface area contributed by atoms with Gasteiger partial charge in [0.1, 0.15) is 6.10 Å². The van der Waals surface area contributed by atoms with E-state index in [1.165, 1.54) is 19.3 Å². The van der Waals surface area contributed by atoms with E-state index in [1.54, 1.807) is 0 Å². The van der Waals surface area contributed by atoms with Crippen molar-refractivity contribution in [2.75, 3.05) is 26.4 Å².